The lowest BCUT2D eigenvalue weighted by molar-refractivity contribution is -0.121. The van der Waals surface area contributed by atoms with Crippen LogP contribution in [0, 0.1) is 0 Å². The quantitative estimate of drug-likeness (QED) is 0.721. The first kappa shape index (κ1) is 14.6. The van der Waals surface area contributed by atoms with Crippen LogP contribution in [-0.2, 0) is 19.6 Å². The molecular formula is C12H14N2O5S. The number of rotatable bonds is 5. The van der Waals surface area contributed by atoms with Crippen molar-refractivity contribution in [3.05, 3.63) is 24.3 Å². The lowest BCUT2D eigenvalue weighted by Crippen LogP contribution is -2.29. The fourth-order valence-corrected chi connectivity index (χ4v) is 2.92. The van der Waals surface area contributed by atoms with Crippen LogP contribution in [0.1, 0.15) is 12.8 Å². The van der Waals surface area contributed by atoms with Crippen LogP contribution in [0.3, 0.4) is 0 Å². The molecule has 0 aliphatic carbocycles. The highest BCUT2D eigenvalue weighted by Gasteiger charge is 2.30. The molecule has 0 aromatic heterocycles. The average Bonchev–Trinajstić information content (AvgIpc) is 2.76. The fraction of sp³-hybridized carbons (Fsp3) is 0.333. The van der Waals surface area contributed by atoms with Crippen LogP contribution >= 0.6 is 0 Å². The van der Waals surface area contributed by atoms with Crippen LogP contribution in [0.2, 0.25) is 0 Å². The van der Waals surface area contributed by atoms with Gasteiger partial charge in [0.25, 0.3) is 0 Å². The SMILES string of the molecule is O=C1CCC(=O)N1c1ccc(S(=O)(=O)NCCO)cc1. The molecule has 1 aromatic carbocycles. The van der Waals surface area contributed by atoms with Gasteiger partial charge in [-0.3, -0.25) is 14.5 Å². The number of hydrogen-bond donors (Lipinski definition) is 2. The summed E-state index contributed by atoms with van der Waals surface area (Å²) < 4.78 is 25.8. The van der Waals surface area contributed by atoms with Gasteiger partial charge in [0.2, 0.25) is 21.8 Å². The smallest absolute Gasteiger partial charge is 0.240 e. The molecule has 0 unspecified atom stereocenters. The molecular weight excluding hydrogens is 284 g/mol. The van der Waals surface area contributed by atoms with Gasteiger partial charge in [0.1, 0.15) is 0 Å². The highest BCUT2D eigenvalue weighted by molar-refractivity contribution is 7.89. The van der Waals surface area contributed by atoms with E-state index in [1.165, 1.54) is 24.3 Å². The maximum Gasteiger partial charge on any atom is 0.240 e. The molecule has 2 rings (SSSR count). The minimum Gasteiger partial charge on any atom is -0.395 e. The minimum absolute atomic E-state index is 0.00814. The number of hydrogen-bond acceptors (Lipinski definition) is 5. The number of carbonyl (C=O) groups excluding carboxylic acids is 2. The highest BCUT2D eigenvalue weighted by atomic mass is 32.2. The average molecular weight is 298 g/mol. The first-order chi connectivity index (χ1) is 9.45. The maximum absolute atomic E-state index is 11.8. The third-order valence-corrected chi connectivity index (χ3v) is 4.34. The molecule has 8 heteroatoms. The molecule has 20 heavy (non-hydrogen) atoms. The Hall–Kier alpha value is -1.77. The summed E-state index contributed by atoms with van der Waals surface area (Å²) in [6.07, 6.45) is 0.355. The van der Waals surface area contributed by atoms with E-state index in [2.05, 4.69) is 4.72 Å². The predicted octanol–water partition coefficient (Wildman–Crippen LogP) is -0.389. The van der Waals surface area contributed by atoms with Crippen molar-refractivity contribution in [3.63, 3.8) is 0 Å². The number of aliphatic hydroxyl groups excluding tert-OH is 1. The van der Waals surface area contributed by atoms with Crippen molar-refractivity contribution in [2.75, 3.05) is 18.1 Å². The number of anilines is 1. The summed E-state index contributed by atoms with van der Waals surface area (Å²) in [6, 6.07) is 5.45. The molecule has 2 amide bonds. The van der Waals surface area contributed by atoms with Crippen molar-refractivity contribution in [3.8, 4) is 0 Å². The van der Waals surface area contributed by atoms with Crippen LogP contribution in [0.4, 0.5) is 5.69 Å². The van der Waals surface area contributed by atoms with E-state index in [0.29, 0.717) is 5.69 Å². The number of nitrogens with one attached hydrogen (secondary N) is 1. The van der Waals surface area contributed by atoms with Gasteiger partial charge >= 0.3 is 0 Å². The van der Waals surface area contributed by atoms with E-state index < -0.39 is 10.0 Å². The maximum atomic E-state index is 11.8. The van der Waals surface area contributed by atoms with Crippen molar-refractivity contribution in [2.45, 2.75) is 17.7 Å². The molecule has 1 aliphatic rings. The minimum atomic E-state index is -3.69. The van der Waals surface area contributed by atoms with Gasteiger partial charge in [0, 0.05) is 19.4 Å². The molecule has 1 fully saturated rings. The van der Waals surface area contributed by atoms with E-state index >= 15 is 0 Å². The summed E-state index contributed by atoms with van der Waals surface area (Å²) in [7, 11) is -3.69. The second-order valence-electron chi connectivity index (χ2n) is 4.24. The molecule has 1 saturated heterocycles. The van der Waals surface area contributed by atoms with Gasteiger partial charge in [-0.1, -0.05) is 0 Å². The molecule has 7 nitrogen and oxygen atoms in total. The lowest BCUT2D eigenvalue weighted by Gasteiger charge is -2.14. The summed E-state index contributed by atoms with van der Waals surface area (Å²) in [5, 5.41) is 8.61. The number of carbonyl (C=O) groups is 2. The van der Waals surface area contributed by atoms with E-state index in [9.17, 15) is 18.0 Å². The van der Waals surface area contributed by atoms with Crippen LogP contribution in [0.25, 0.3) is 0 Å². The number of amides is 2. The Morgan fingerprint density at radius 2 is 1.65 bits per heavy atom. The Bertz CT molecular complexity index is 608. The van der Waals surface area contributed by atoms with Gasteiger partial charge < -0.3 is 5.11 Å². The van der Waals surface area contributed by atoms with E-state index in [-0.39, 0.29) is 42.7 Å². The Kier molecular flexibility index (Phi) is 4.17. The molecule has 0 atom stereocenters. The Morgan fingerprint density at radius 3 is 2.15 bits per heavy atom. The summed E-state index contributed by atoms with van der Waals surface area (Å²) in [4.78, 5) is 24.2. The van der Waals surface area contributed by atoms with E-state index in [1.54, 1.807) is 0 Å². The largest absolute Gasteiger partial charge is 0.395 e. The summed E-state index contributed by atoms with van der Waals surface area (Å²) in [5.41, 5.74) is 0.360. The lowest BCUT2D eigenvalue weighted by atomic mass is 10.3. The van der Waals surface area contributed by atoms with Gasteiger partial charge in [0.15, 0.2) is 0 Å². The zero-order valence-electron chi connectivity index (χ0n) is 10.6. The molecule has 0 bridgehead atoms. The van der Waals surface area contributed by atoms with Crippen molar-refractivity contribution < 1.29 is 23.1 Å². The molecule has 1 aliphatic heterocycles. The van der Waals surface area contributed by atoms with Crippen molar-refractivity contribution in [1.29, 1.82) is 0 Å². The second-order valence-corrected chi connectivity index (χ2v) is 6.01. The monoisotopic (exact) mass is 298 g/mol. The number of benzene rings is 1. The van der Waals surface area contributed by atoms with Gasteiger partial charge in [-0.05, 0) is 24.3 Å². The van der Waals surface area contributed by atoms with Crippen LogP contribution in [0.15, 0.2) is 29.2 Å². The Labute approximate surface area is 116 Å². The fourth-order valence-electron chi connectivity index (χ4n) is 1.90. The normalized spacial score (nSPS) is 15.9. The third kappa shape index (κ3) is 2.87. The molecule has 1 heterocycles. The van der Waals surface area contributed by atoms with Crippen LogP contribution < -0.4 is 9.62 Å². The molecule has 0 saturated carbocycles. The molecule has 108 valence electrons. The number of sulfonamides is 1. The topological polar surface area (TPSA) is 104 Å². The predicted molar refractivity (Wildman–Crippen MR) is 70.4 cm³/mol. The second kappa shape index (κ2) is 5.70. The van der Waals surface area contributed by atoms with Gasteiger partial charge in [0.05, 0.1) is 17.2 Å². The summed E-state index contributed by atoms with van der Waals surface area (Å²) >= 11 is 0. The van der Waals surface area contributed by atoms with E-state index in [0.717, 1.165) is 4.90 Å². The van der Waals surface area contributed by atoms with Gasteiger partial charge in [-0.15, -0.1) is 0 Å². The third-order valence-electron chi connectivity index (χ3n) is 2.86. The van der Waals surface area contributed by atoms with Gasteiger partial charge in [-0.25, -0.2) is 13.1 Å². The molecule has 0 radical (unpaired) electrons. The van der Waals surface area contributed by atoms with Crippen molar-refractivity contribution in [2.24, 2.45) is 0 Å². The molecule has 2 N–H and O–H groups in total. The van der Waals surface area contributed by atoms with Crippen molar-refractivity contribution in [1.82, 2.24) is 4.72 Å². The Balaban J connectivity index is 2.22. The van der Waals surface area contributed by atoms with Crippen LogP contribution in [0.5, 0.6) is 0 Å². The number of imide groups is 1. The molecule has 0 spiro atoms. The molecule has 1 aromatic rings. The Morgan fingerprint density at radius 1 is 1.10 bits per heavy atom. The van der Waals surface area contributed by atoms with Gasteiger partial charge in [-0.2, -0.15) is 0 Å². The zero-order valence-corrected chi connectivity index (χ0v) is 11.4. The summed E-state index contributed by atoms with van der Waals surface area (Å²) in [5.74, 6) is -0.576. The summed E-state index contributed by atoms with van der Waals surface area (Å²) in [6.45, 7) is -0.374. The van der Waals surface area contributed by atoms with E-state index in [1.807, 2.05) is 0 Å². The van der Waals surface area contributed by atoms with E-state index in [4.69, 9.17) is 5.11 Å². The zero-order chi connectivity index (χ0) is 14.8. The van der Waals surface area contributed by atoms with Crippen LogP contribution in [-0.4, -0.2) is 38.5 Å². The first-order valence-electron chi connectivity index (χ1n) is 6.02. The standard InChI is InChI=1S/C12H14N2O5S/c15-8-7-13-20(18,19)10-3-1-9(2-4-10)14-11(16)5-6-12(14)17/h1-4,13,15H,5-8H2. The number of nitrogens with zero attached hydrogens (tertiary/aromatic N) is 1. The van der Waals surface area contributed by atoms with Crippen molar-refractivity contribution >= 4 is 27.5 Å². The first-order valence-corrected chi connectivity index (χ1v) is 7.50. The highest BCUT2D eigenvalue weighted by Crippen LogP contribution is 2.23. The number of aliphatic hydroxyl groups is 1.